The number of hydrogen-bond acceptors (Lipinski definition) is 4. The van der Waals surface area contributed by atoms with E-state index in [4.69, 9.17) is 4.74 Å². The fourth-order valence-corrected chi connectivity index (χ4v) is 12.1. The molecule has 1 aliphatic carbocycles. The van der Waals surface area contributed by atoms with Gasteiger partial charge in [-0.05, 0) is 139 Å². The summed E-state index contributed by atoms with van der Waals surface area (Å²) in [5.74, 6) is 0.438. The average molecular weight is 918 g/mol. The molecule has 6 aromatic rings. The van der Waals surface area contributed by atoms with Crippen LogP contribution in [0.3, 0.4) is 0 Å². The van der Waals surface area contributed by atoms with Crippen LogP contribution in [0.2, 0.25) is 0 Å². The van der Waals surface area contributed by atoms with Crippen molar-refractivity contribution < 1.29 is 18.7 Å². The number of nitrogens with one attached hydrogen (secondary N) is 1. The van der Waals surface area contributed by atoms with E-state index in [1.165, 1.54) is 83.4 Å². The van der Waals surface area contributed by atoms with E-state index in [1.54, 1.807) is 7.11 Å². The van der Waals surface area contributed by atoms with Gasteiger partial charge in [-0.3, -0.25) is 9.78 Å². The van der Waals surface area contributed by atoms with Crippen LogP contribution in [-0.4, -0.2) is 49.1 Å². The van der Waals surface area contributed by atoms with Crippen molar-refractivity contribution in [2.75, 3.05) is 32.8 Å². The molecular weight excluding hydrogens is 847 g/mol. The van der Waals surface area contributed by atoms with Gasteiger partial charge in [-0.2, -0.15) is 9.14 Å². The van der Waals surface area contributed by atoms with Crippen LogP contribution in [0.1, 0.15) is 121 Å². The molecule has 3 aliphatic rings. The van der Waals surface area contributed by atoms with Gasteiger partial charge < -0.3 is 15.0 Å². The van der Waals surface area contributed by atoms with Gasteiger partial charge in [-0.15, -0.1) is 0 Å². The van der Waals surface area contributed by atoms with Crippen molar-refractivity contribution in [1.29, 1.82) is 0 Å². The van der Waals surface area contributed by atoms with Crippen LogP contribution in [0.25, 0.3) is 27.2 Å². The van der Waals surface area contributed by atoms with Gasteiger partial charge in [0.15, 0.2) is 18.1 Å². The predicted molar refractivity (Wildman–Crippen MR) is 285 cm³/mol. The lowest BCUT2D eigenvalue weighted by molar-refractivity contribution is -0.580. The van der Waals surface area contributed by atoms with Gasteiger partial charge in [0.05, 0.1) is 5.41 Å². The quantitative estimate of drug-likeness (QED) is 0.0873. The topological polar surface area (TPSA) is 61.4 Å². The van der Waals surface area contributed by atoms with Crippen LogP contribution in [0, 0.1) is 5.41 Å². The highest BCUT2D eigenvalue weighted by atomic mass is 16.5. The second-order valence-electron chi connectivity index (χ2n) is 21.1. The maximum Gasteiger partial charge on any atom is 0.227 e. The number of nitrogens with zero attached hydrogens (tertiary/aromatic N) is 4. The van der Waals surface area contributed by atoms with Crippen LogP contribution in [-0.2, 0) is 20.4 Å². The maximum absolute atomic E-state index is 13.5. The van der Waals surface area contributed by atoms with Crippen LogP contribution in [0.5, 0.6) is 0 Å². The molecule has 354 valence electrons. The van der Waals surface area contributed by atoms with Crippen LogP contribution < -0.4 is 14.8 Å². The molecule has 9 rings (SSSR count). The number of aromatic nitrogens is 2. The number of carbonyl (C=O) groups excluding carboxylic acids is 1. The molecule has 69 heavy (non-hydrogen) atoms. The van der Waals surface area contributed by atoms with Gasteiger partial charge in [-0.25, -0.2) is 0 Å². The number of carbonyl (C=O) groups is 1. The molecule has 7 nitrogen and oxygen atoms in total. The van der Waals surface area contributed by atoms with Crippen molar-refractivity contribution >= 4 is 50.2 Å². The Balaban J connectivity index is 1.09. The fourth-order valence-electron chi connectivity index (χ4n) is 12.1. The summed E-state index contributed by atoms with van der Waals surface area (Å²) in [5, 5.41) is 8.20. The highest BCUT2D eigenvalue weighted by Gasteiger charge is 2.45. The van der Waals surface area contributed by atoms with Gasteiger partial charge in [0.1, 0.15) is 13.8 Å². The summed E-state index contributed by atoms with van der Waals surface area (Å²) in [6, 6.07) is 35.6. The molecule has 2 aromatic heterocycles. The van der Waals surface area contributed by atoms with E-state index in [9.17, 15) is 4.79 Å². The molecule has 4 aromatic carbocycles. The Bertz CT molecular complexity index is 3080. The number of amides is 1. The van der Waals surface area contributed by atoms with Gasteiger partial charge in [0.25, 0.3) is 0 Å². The minimum absolute atomic E-state index is 0.0326. The number of benzene rings is 4. The minimum atomic E-state index is -0.544. The second kappa shape index (κ2) is 19.2. The number of hydrogen-bond donors (Lipinski definition) is 1. The van der Waals surface area contributed by atoms with Gasteiger partial charge >= 0.3 is 0 Å². The monoisotopic (exact) mass is 918 g/mol. The summed E-state index contributed by atoms with van der Waals surface area (Å²) in [6.45, 7) is 16.2. The van der Waals surface area contributed by atoms with E-state index in [2.05, 4.69) is 221 Å². The molecule has 0 spiro atoms. The van der Waals surface area contributed by atoms with E-state index in [-0.39, 0.29) is 35.3 Å². The molecule has 0 radical (unpaired) electrons. The lowest BCUT2D eigenvalue weighted by atomic mass is 9.73. The van der Waals surface area contributed by atoms with Gasteiger partial charge in [0, 0.05) is 89.8 Å². The summed E-state index contributed by atoms with van der Waals surface area (Å²) in [6.07, 6.45) is 23.4. The largest absolute Gasteiger partial charge is 0.364 e. The third kappa shape index (κ3) is 8.80. The van der Waals surface area contributed by atoms with Crippen molar-refractivity contribution in [3.05, 3.63) is 185 Å². The number of fused-ring (bicyclic) bond motifs is 6. The maximum atomic E-state index is 13.5. The standard InChI is InChI=1S/C62H70N5O2/c1-11-62(7,59(68)64-41-69-10)40-49(44-31-35-63-36-32-44)39-42(2)43-33-37-67(38-34-43)58-47(25-29-54-60(3,4)56-50-21-14-12-17-45(50)23-27-52(56)65(54)8)19-16-20-48(58)26-30-55-61(5,6)57-51-22-15-13-18-46(51)24-28-53(57)66(55)9/h12-15,17-18,21-38,42,49H,11,16,19-20,39-41H2,1-10H3/q+1/p+1. The first-order valence-corrected chi connectivity index (χ1v) is 25.1. The predicted octanol–water partition coefficient (Wildman–Crippen LogP) is 13.4. The Labute approximate surface area is 410 Å². The normalized spacial score (nSPS) is 19.4. The summed E-state index contributed by atoms with van der Waals surface area (Å²) >= 11 is 0. The number of likely N-dealkylation sites (N-methyl/N-ethyl adjacent to an activating group) is 1. The van der Waals surface area contributed by atoms with E-state index in [1.807, 2.05) is 12.4 Å². The Kier molecular flexibility index (Phi) is 13.2. The summed E-state index contributed by atoms with van der Waals surface area (Å²) in [4.78, 5) is 20.3. The van der Waals surface area contributed by atoms with E-state index >= 15 is 0 Å². The first-order valence-electron chi connectivity index (χ1n) is 25.1. The number of rotatable bonds is 14. The molecule has 0 fully saturated rings. The van der Waals surface area contributed by atoms with Gasteiger partial charge in [0.2, 0.25) is 17.3 Å². The van der Waals surface area contributed by atoms with E-state index in [0.29, 0.717) is 0 Å². The molecule has 1 N–H and O–H groups in total. The van der Waals surface area contributed by atoms with Gasteiger partial charge in [-0.1, -0.05) is 95.3 Å². The Morgan fingerprint density at radius 2 is 1.51 bits per heavy atom. The van der Waals surface area contributed by atoms with Crippen LogP contribution >= 0.6 is 0 Å². The molecule has 2 aliphatic heterocycles. The minimum Gasteiger partial charge on any atom is -0.364 e. The van der Waals surface area contributed by atoms with E-state index in [0.717, 1.165) is 38.5 Å². The Hall–Kier alpha value is -6.44. The van der Waals surface area contributed by atoms with Crippen molar-refractivity contribution in [3.8, 4) is 0 Å². The first-order chi connectivity index (χ1) is 33.2. The van der Waals surface area contributed by atoms with E-state index < -0.39 is 5.41 Å². The number of ether oxygens (including phenoxy) is 1. The number of methoxy groups -OCH3 is 1. The van der Waals surface area contributed by atoms with Crippen LogP contribution in [0.15, 0.2) is 163 Å². The van der Waals surface area contributed by atoms with Crippen molar-refractivity contribution in [2.24, 2.45) is 5.41 Å². The first kappa shape index (κ1) is 47.6. The van der Waals surface area contributed by atoms with Crippen molar-refractivity contribution in [3.63, 3.8) is 0 Å². The van der Waals surface area contributed by atoms with Crippen molar-refractivity contribution in [1.82, 2.24) is 10.3 Å². The summed E-state index contributed by atoms with van der Waals surface area (Å²) in [5.41, 5.74) is 13.5. The third-order valence-corrected chi connectivity index (χ3v) is 16.1. The smallest absolute Gasteiger partial charge is 0.227 e. The second-order valence-corrected chi connectivity index (χ2v) is 21.1. The molecular formula is C62H71N5O2+2. The molecule has 1 amide bonds. The number of anilines is 1. The third-order valence-electron chi connectivity index (χ3n) is 16.1. The molecule has 4 heterocycles. The zero-order chi connectivity index (χ0) is 48.7. The lowest BCUT2D eigenvalue weighted by Crippen LogP contribution is -2.40. The number of allylic oxidation sites excluding steroid dienone is 8. The molecule has 0 bridgehead atoms. The number of pyridine rings is 2. The van der Waals surface area contributed by atoms with Crippen molar-refractivity contribution in [2.45, 2.75) is 110 Å². The molecule has 0 saturated carbocycles. The average Bonchev–Trinajstić information content (AvgIpc) is 3.69. The molecule has 3 unspecified atom stereocenters. The molecule has 0 saturated heterocycles. The zero-order valence-corrected chi connectivity index (χ0v) is 42.6. The lowest BCUT2D eigenvalue weighted by Gasteiger charge is -2.32. The van der Waals surface area contributed by atoms with Crippen LogP contribution in [0.4, 0.5) is 11.4 Å². The Morgan fingerprint density at radius 1 is 0.841 bits per heavy atom. The summed E-state index contributed by atoms with van der Waals surface area (Å²) in [7, 11) is 6.06. The fraction of sp³-hybridized carbons (Fsp3) is 0.355. The summed E-state index contributed by atoms with van der Waals surface area (Å²) < 4.78 is 9.99. The molecule has 3 atom stereocenters. The zero-order valence-electron chi connectivity index (χ0n) is 42.6. The Morgan fingerprint density at radius 3 is 2.19 bits per heavy atom. The SMILES string of the molecule is CCC(C)(CC(CC(C)c1cc[n+](C2=C(C=CC3=[N+](C)c4ccc5ccccc5c4C3(C)C)CCCC2=CC=C2N(C)c3ccc4ccccc4c3C2(C)C)cc1)c1ccncc1)C(=O)NCOC. The highest BCUT2D eigenvalue weighted by molar-refractivity contribution is 6.08. The molecule has 7 heteroatoms. The highest BCUT2D eigenvalue weighted by Crippen LogP contribution is 2.50.